The molecule has 0 amide bonds. The van der Waals surface area contributed by atoms with Crippen LogP contribution >= 0.6 is 0 Å². The standard InChI is InChI=1S/C14H12F6N4O2/c1-2-26-12(25)10-7-24(23-11(10)14(18,19)20)6-8(3-13(15,16)17)9(4-21)5-22/h7-9H,2-3,6H2,1H3. The minimum atomic E-state index is -5.04. The van der Waals surface area contributed by atoms with Gasteiger partial charge in [-0.3, -0.25) is 4.68 Å². The number of hydrogen-bond donors (Lipinski definition) is 0. The summed E-state index contributed by atoms with van der Waals surface area (Å²) in [4.78, 5) is 11.6. The zero-order valence-corrected chi connectivity index (χ0v) is 13.2. The second kappa shape index (κ2) is 8.08. The molecular formula is C14H12F6N4O2. The minimum absolute atomic E-state index is 0.219. The molecule has 0 fully saturated rings. The molecule has 0 aliphatic carbocycles. The fraction of sp³-hybridized carbons (Fsp3) is 0.571. The van der Waals surface area contributed by atoms with Crippen molar-refractivity contribution in [3.63, 3.8) is 0 Å². The average Bonchev–Trinajstić information content (AvgIpc) is 2.91. The summed E-state index contributed by atoms with van der Waals surface area (Å²) >= 11 is 0. The topological polar surface area (TPSA) is 91.7 Å². The van der Waals surface area contributed by atoms with Crippen molar-refractivity contribution in [2.75, 3.05) is 6.61 Å². The molecule has 26 heavy (non-hydrogen) atoms. The van der Waals surface area contributed by atoms with Gasteiger partial charge in [-0.1, -0.05) is 0 Å². The summed E-state index contributed by atoms with van der Waals surface area (Å²) in [6.45, 7) is 0.329. The number of nitrogens with zero attached hydrogens (tertiary/aromatic N) is 4. The third kappa shape index (κ3) is 5.65. The monoisotopic (exact) mass is 382 g/mol. The summed E-state index contributed by atoms with van der Waals surface area (Å²) in [7, 11) is 0. The van der Waals surface area contributed by atoms with Gasteiger partial charge in [-0.25, -0.2) is 4.79 Å². The average molecular weight is 382 g/mol. The third-order valence-electron chi connectivity index (χ3n) is 3.19. The molecule has 1 heterocycles. The number of ether oxygens (including phenoxy) is 1. The van der Waals surface area contributed by atoms with Gasteiger partial charge in [-0.05, 0) is 6.92 Å². The van der Waals surface area contributed by atoms with Gasteiger partial charge in [0.2, 0.25) is 0 Å². The van der Waals surface area contributed by atoms with Crippen molar-refractivity contribution in [2.45, 2.75) is 32.2 Å². The lowest BCUT2D eigenvalue weighted by molar-refractivity contribution is -0.148. The van der Waals surface area contributed by atoms with E-state index in [0.29, 0.717) is 10.9 Å². The van der Waals surface area contributed by atoms with Gasteiger partial charge in [-0.2, -0.15) is 42.0 Å². The number of rotatable bonds is 6. The Kier molecular flexibility index (Phi) is 6.61. The van der Waals surface area contributed by atoms with Crippen molar-refractivity contribution >= 4 is 5.97 Å². The highest BCUT2D eigenvalue weighted by atomic mass is 19.4. The first-order valence-corrected chi connectivity index (χ1v) is 7.10. The number of nitriles is 2. The molecule has 12 heteroatoms. The lowest BCUT2D eigenvalue weighted by Gasteiger charge is -2.19. The summed E-state index contributed by atoms with van der Waals surface area (Å²) in [5.74, 6) is -4.72. The molecule has 0 spiro atoms. The molecular weight excluding hydrogens is 370 g/mol. The van der Waals surface area contributed by atoms with Crippen LogP contribution in [0, 0.1) is 34.5 Å². The van der Waals surface area contributed by atoms with Crippen molar-refractivity contribution in [2.24, 2.45) is 11.8 Å². The molecule has 6 nitrogen and oxygen atoms in total. The lowest BCUT2D eigenvalue weighted by Crippen LogP contribution is -2.25. The van der Waals surface area contributed by atoms with Crippen LogP contribution in [0.5, 0.6) is 0 Å². The van der Waals surface area contributed by atoms with E-state index < -0.39 is 54.4 Å². The van der Waals surface area contributed by atoms with E-state index in [1.807, 2.05) is 0 Å². The number of hydrogen-bond acceptors (Lipinski definition) is 5. The number of carbonyl (C=O) groups is 1. The second-order valence-corrected chi connectivity index (χ2v) is 5.15. The molecule has 0 radical (unpaired) electrons. The Balaban J connectivity index is 3.26. The van der Waals surface area contributed by atoms with Crippen LogP contribution in [-0.2, 0) is 17.5 Å². The highest BCUT2D eigenvalue weighted by molar-refractivity contribution is 5.90. The molecule has 1 atom stereocenters. The molecule has 0 aliphatic rings. The Hall–Kier alpha value is -2.76. The van der Waals surface area contributed by atoms with E-state index in [1.54, 1.807) is 0 Å². The number of aromatic nitrogens is 2. The van der Waals surface area contributed by atoms with E-state index in [9.17, 15) is 31.1 Å². The molecule has 0 bridgehead atoms. The quantitative estimate of drug-likeness (QED) is 0.556. The van der Waals surface area contributed by atoms with E-state index >= 15 is 0 Å². The van der Waals surface area contributed by atoms with Crippen LogP contribution < -0.4 is 0 Å². The summed E-state index contributed by atoms with van der Waals surface area (Å²) < 4.78 is 81.8. The third-order valence-corrected chi connectivity index (χ3v) is 3.19. The normalized spacial score (nSPS) is 13.2. The van der Waals surface area contributed by atoms with Crippen LogP contribution in [-0.4, -0.2) is 28.5 Å². The van der Waals surface area contributed by atoms with Gasteiger partial charge in [0.05, 0.1) is 25.2 Å². The van der Waals surface area contributed by atoms with Gasteiger partial charge in [0, 0.05) is 18.7 Å². The Labute approximate surface area is 143 Å². The van der Waals surface area contributed by atoms with E-state index in [-0.39, 0.29) is 6.61 Å². The number of carbonyl (C=O) groups excluding carboxylic acids is 1. The molecule has 0 saturated heterocycles. The predicted octanol–water partition coefficient (Wildman–Crippen LogP) is 3.31. The van der Waals surface area contributed by atoms with E-state index in [4.69, 9.17) is 10.5 Å². The van der Waals surface area contributed by atoms with Crippen molar-refractivity contribution < 1.29 is 35.9 Å². The molecule has 1 aromatic heterocycles. The van der Waals surface area contributed by atoms with E-state index in [0.717, 1.165) is 0 Å². The lowest BCUT2D eigenvalue weighted by atomic mass is 9.91. The van der Waals surface area contributed by atoms with Gasteiger partial charge in [0.25, 0.3) is 0 Å². The van der Waals surface area contributed by atoms with Crippen molar-refractivity contribution in [1.29, 1.82) is 10.5 Å². The first-order chi connectivity index (χ1) is 11.9. The largest absolute Gasteiger partial charge is 0.462 e. The zero-order chi connectivity index (χ0) is 20.1. The van der Waals surface area contributed by atoms with Gasteiger partial charge in [0.1, 0.15) is 11.5 Å². The minimum Gasteiger partial charge on any atom is -0.462 e. The van der Waals surface area contributed by atoms with Crippen LogP contribution in [0.3, 0.4) is 0 Å². The van der Waals surface area contributed by atoms with Crippen LogP contribution in [0.25, 0.3) is 0 Å². The van der Waals surface area contributed by atoms with Crippen LogP contribution in [0.1, 0.15) is 29.4 Å². The zero-order valence-electron chi connectivity index (χ0n) is 13.2. The van der Waals surface area contributed by atoms with Gasteiger partial charge in [-0.15, -0.1) is 0 Å². The summed E-state index contributed by atoms with van der Waals surface area (Å²) in [6.07, 6.45) is -10.8. The summed E-state index contributed by atoms with van der Waals surface area (Å²) in [5.41, 5.74) is -2.58. The predicted molar refractivity (Wildman–Crippen MR) is 72.1 cm³/mol. The highest BCUT2D eigenvalue weighted by Gasteiger charge is 2.41. The van der Waals surface area contributed by atoms with Crippen LogP contribution in [0.2, 0.25) is 0 Å². The smallest absolute Gasteiger partial charge is 0.436 e. The SMILES string of the molecule is CCOC(=O)c1cn(CC(CC(F)(F)F)C(C#N)C#N)nc1C(F)(F)F. The Morgan fingerprint density at radius 3 is 2.27 bits per heavy atom. The fourth-order valence-electron chi connectivity index (χ4n) is 2.15. The van der Waals surface area contributed by atoms with Gasteiger partial charge >= 0.3 is 18.3 Å². The molecule has 1 unspecified atom stereocenters. The Bertz CT molecular complexity index is 712. The number of alkyl halides is 6. The molecule has 0 aliphatic heterocycles. The van der Waals surface area contributed by atoms with E-state index in [2.05, 4.69) is 9.84 Å². The molecule has 0 saturated carbocycles. The molecule has 0 aromatic carbocycles. The Morgan fingerprint density at radius 1 is 1.27 bits per heavy atom. The van der Waals surface area contributed by atoms with E-state index in [1.165, 1.54) is 19.1 Å². The first-order valence-electron chi connectivity index (χ1n) is 7.10. The summed E-state index contributed by atoms with van der Waals surface area (Å²) in [5, 5.41) is 20.7. The molecule has 0 N–H and O–H groups in total. The van der Waals surface area contributed by atoms with Crippen LogP contribution in [0.4, 0.5) is 26.3 Å². The maximum Gasteiger partial charge on any atom is 0.436 e. The maximum absolute atomic E-state index is 13.0. The van der Waals surface area contributed by atoms with Gasteiger partial charge in [0.15, 0.2) is 5.69 Å². The van der Waals surface area contributed by atoms with Crippen LogP contribution in [0.15, 0.2) is 6.20 Å². The molecule has 1 aromatic rings. The van der Waals surface area contributed by atoms with Crippen molar-refractivity contribution in [3.8, 4) is 12.1 Å². The van der Waals surface area contributed by atoms with Crippen molar-refractivity contribution in [3.05, 3.63) is 17.5 Å². The summed E-state index contributed by atoms with van der Waals surface area (Å²) in [6, 6.07) is 2.75. The highest BCUT2D eigenvalue weighted by Crippen LogP contribution is 2.33. The fourth-order valence-corrected chi connectivity index (χ4v) is 2.15. The first kappa shape index (κ1) is 21.3. The second-order valence-electron chi connectivity index (χ2n) is 5.15. The number of esters is 1. The number of halogens is 6. The Morgan fingerprint density at radius 2 is 1.85 bits per heavy atom. The molecule has 1 rings (SSSR count). The maximum atomic E-state index is 13.0. The van der Waals surface area contributed by atoms with Gasteiger partial charge < -0.3 is 4.74 Å². The molecule has 142 valence electrons. The van der Waals surface area contributed by atoms with Crippen molar-refractivity contribution in [1.82, 2.24) is 9.78 Å².